The van der Waals surface area contributed by atoms with E-state index in [1.54, 1.807) is 0 Å². The van der Waals surface area contributed by atoms with Gasteiger partial charge in [-0.15, -0.1) is 0 Å². The first-order valence-corrected chi connectivity index (χ1v) is 21.7. The number of rotatable bonds is 33. The van der Waals surface area contributed by atoms with Crippen LogP contribution >= 0.6 is 0 Å². The summed E-state index contributed by atoms with van der Waals surface area (Å²) in [4.78, 5) is 25.2. The van der Waals surface area contributed by atoms with E-state index in [0.717, 1.165) is 38.5 Å². The van der Waals surface area contributed by atoms with Gasteiger partial charge in [0.2, 0.25) is 0 Å². The standard InChI is InChI=1S/C38H72O12S/c1-3-5-7-9-11-13-15-16-17-19-21-23-25-27-34(40)49-31(28-47-33(39)26-24-22-20-18-14-12-10-8-6-4-2)29-48-38-37(43)36(42)35(41)32(50-38)30-51(44,45)46/h31-32,35-38,41-43H,3-30H2,1-2H3,(H,44,45,46)/t31-,32-,35-,36+,37-,38-/m1/s1. The zero-order valence-electron chi connectivity index (χ0n) is 31.7. The van der Waals surface area contributed by atoms with Gasteiger partial charge in [0.25, 0.3) is 10.1 Å². The molecular formula is C38H72O12S. The molecule has 4 N–H and O–H groups in total. The summed E-state index contributed by atoms with van der Waals surface area (Å²) < 4.78 is 53.8. The van der Waals surface area contributed by atoms with Crippen LogP contribution in [0.4, 0.5) is 0 Å². The highest BCUT2D eigenvalue weighted by Gasteiger charge is 2.46. The average molecular weight is 753 g/mol. The smallest absolute Gasteiger partial charge is 0.306 e. The van der Waals surface area contributed by atoms with Crippen LogP contribution < -0.4 is 0 Å². The quantitative estimate of drug-likeness (QED) is 0.0308. The predicted octanol–water partition coefficient (Wildman–Crippen LogP) is 6.95. The van der Waals surface area contributed by atoms with Crippen LogP contribution in [-0.4, -0.2) is 96.0 Å². The highest BCUT2D eigenvalue weighted by atomic mass is 32.2. The molecule has 0 aromatic rings. The van der Waals surface area contributed by atoms with E-state index in [-0.39, 0.29) is 19.4 Å². The van der Waals surface area contributed by atoms with Gasteiger partial charge >= 0.3 is 11.9 Å². The zero-order chi connectivity index (χ0) is 37.7. The Bertz CT molecular complexity index is 978. The van der Waals surface area contributed by atoms with Crippen LogP contribution in [0.25, 0.3) is 0 Å². The maximum Gasteiger partial charge on any atom is 0.306 e. The van der Waals surface area contributed by atoms with Gasteiger partial charge < -0.3 is 34.3 Å². The van der Waals surface area contributed by atoms with Gasteiger partial charge in [0.05, 0.1) is 6.61 Å². The molecular weight excluding hydrogens is 680 g/mol. The molecule has 0 saturated carbocycles. The van der Waals surface area contributed by atoms with Crippen LogP contribution in [0.15, 0.2) is 0 Å². The van der Waals surface area contributed by atoms with E-state index in [1.165, 1.54) is 96.3 Å². The van der Waals surface area contributed by atoms with Crippen molar-refractivity contribution in [3.63, 3.8) is 0 Å². The van der Waals surface area contributed by atoms with E-state index in [2.05, 4.69) is 13.8 Å². The lowest BCUT2D eigenvalue weighted by molar-refractivity contribution is -0.297. The van der Waals surface area contributed by atoms with Crippen LogP contribution in [0.3, 0.4) is 0 Å². The molecule has 0 bridgehead atoms. The third-order valence-electron chi connectivity index (χ3n) is 9.44. The number of carbonyl (C=O) groups excluding carboxylic acids is 2. The molecule has 1 heterocycles. The molecule has 1 rings (SSSR count). The summed E-state index contributed by atoms with van der Waals surface area (Å²) in [5.41, 5.74) is 0. The van der Waals surface area contributed by atoms with Gasteiger partial charge in [0.1, 0.15) is 36.8 Å². The molecule has 0 unspecified atom stereocenters. The van der Waals surface area contributed by atoms with Gasteiger partial charge in [0.15, 0.2) is 12.4 Å². The van der Waals surface area contributed by atoms with Gasteiger partial charge in [-0.1, -0.05) is 149 Å². The Morgan fingerprint density at radius 3 is 1.43 bits per heavy atom. The number of esters is 2. The number of carbonyl (C=O) groups is 2. The molecule has 6 atom stereocenters. The fourth-order valence-corrected chi connectivity index (χ4v) is 6.96. The Hall–Kier alpha value is -1.35. The number of ether oxygens (including phenoxy) is 4. The molecule has 0 spiro atoms. The molecule has 13 heteroatoms. The molecule has 0 amide bonds. The summed E-state index contributed by atoms with van der Waals surface area (Å²) >= 11 is 0. The summed E-state index contributed by atoms with van der Waals surface area (Å²) in [7, 11) is -4.59. The minimum atomic E-state index is -4.59. The molecule has 1 fully saturated rings. The Morgan fingerprint density at radius 2 is 1.00 bits per heavy atom. The Kier molecular flexibility index (Phi) is 28.1. The van der Waals surface area contributed by atoms with Gasteiger partial charge in [0, 0.05) is 12.8 Å². The monoisotopic (exact) mass is 752 g/mol. The van der Waals surface area contributed by atoms with Crippen LogP contribution in [0, 0.1) is 0 Å². The van der Waals surface area contributed by atoms with Gasteiger partial charge in [-0.3, -0.25) is 14.1 Å². The van der Waals surface area contributed by atoms with Crippen LogP contribution in [0.5, 0.6) is 0 Å². The Morgan fingerprint density at radius 1 is 0.588 bits per heavy atom. The van der Waals surface area contributed by atoms with Crippen LogP contribution in [0.2, 0.25) is 0 Å². The molecule has 302 valence electrons. The number of aliphatic hydroxyl groups is 3. The fourth-order valence-electron chi connectivity index (χ4n) is 6.26. The molecule has 0 aliphatic carbocycles. The third-order valence-corrected chi connectivity index (χ3v) is 10.2. The Labute approximate surface area is 308 Å². The fraction of sp³-hybridized carbons (Fsp3) is 0.947. The number of aliphatic hydroxyl groups excluding tert-OH is 3. The lowest BCUT2D eigenvalue weighted by atomic mass is 10.00. The molecule has 12 nitrogen and oxygen atoms in total. The van der Waals surface area contributed by atoms with Crippen molar-refractivity contribution in [1.82, 2.24) is 0 Å². The Balaban J connectivity index is 2.50. The first-order valence-electron chi connectivity index (χ1n) is 20.1. The maximum atomic E-state index is 12.7. The van der Waals surface area contributed by atoms with Gasteiger partial charge in [-0.25, -0.2) is 0 Å². The highest BCUT2D eigenvalue weighted by molar-refractivity contribution is 7.85. The van der Waals surface area contributed by atoms with Gasteiger partial charge in [-0.2, -0.15) is 8.42 Å². The largest absolute Gasteiger partial charge is 0.462 e. The molecule has 1 aliphatic heterocycles. The topological polar surface area (TPSA) is 186 Å². The third kappa shape index (κ3) is 25.3. The van der Waals surface area contributed by atoms with E-state index in [0.29, 0.717) is 12.8 Å². The predicted molar refractivity (Wildman–Crippen MR) is 197 cm³/mol. The van der Waals surface area contributed by atoms with Crippen molar-refractivity contribution in [1.29, 1.82) is 0 Å². The molecule has 0 aromatic heterocycles. The van der Waals surface area contributed by atoms with Crippen molar-refractivity contribution in [3.05, 3.63) is 0 Å². The van der Waals surface area contributed by atoms with E-state index >= 15 is 0 Å². The SMILES string of the molecule is CCCCCCCCCCCCCCCC(=O)O[C@H](COC(=O)CCCCCCCCCCCC)CO[C@@H]1O[C@H](CS(=O)(=O)O)[C@@H](O)[C@H](O)[C@H]1O. The number of hydrogen-bond donors (Lipinski definition) is 4. The average Bonchev–Trinajstić information content (AvgIpc) is 3.09. The van der Waals surface area contributed by atoms with Crippen molar-refractivity contribution in [3.8, 4) is 0 Å². The lowest BCUT2D eigenvalue weighted by Crippen LogP contribution is -2.60. The second-order valence-electron chi connectivity index (χ2n) is 14.3. The summed E-state index contributed by atoms with van der Waals surface area (Å²) in [6, 6.07) is 0. The van der Waals surface area contributed by atoms with E-state index in [1.807, 2.05) is 0 Å². The first-order chi connectivity index (χ1) is 24.5. The number of hydrogen-bond acceptors (Lipinski definition) is 11. The maximum absolute atomic E-state index is 12.7. The van der Waals surface area contributed by atoms with Crippen molar-refractivity contribution >= 4 is 22.1 Å². The van der Waals surface area contributed by atoms with Crippen molar-refractivity contribution in [2.24, 2.45) is 0 Å². The summed E-state index contributed by atoms with van der Waals surface area (Å²) in [5.74, 6) is -1.97. The van der Waals surface area contributed by atoms with Gasteiger partial charge in [-0.05, 0) is 12.8 Å². The van der Waals surface area contributed by atoms with Crippen molar-refractivity contribution < 1.29 is 56.8 Å². The second-order valence-corrected chi connectivity index (χ2v) is 15.8. The molecule has 1 aliphatic rings. The second kappa shape index (κ2) is 30.0. The van der Waals surface area contributed by atoms with Crippen molar-refractivity contribution in [2.45, 2.75) is 211 Å². The molecule has 0 aromatic carbocycles. The van der Waals surface area contributed by atoms with E-state index < -0.39 is 71.2 Å². The van der Waals surface area contributed by atoms with Crippen molar-refractivity contribution in [2.75, 3.05) is 19.0 Å². The summed E-state index contributed by atoms with van der Waals surface area (Å²) in [6.07, 6.45) is 17.3. The molecule has 0 radical (unpaired) electrons. The minimum Gasteiger partial charge on any atom is -0.462 e. The van der Waals surface area contributed by atoms with E-state index in [4.69, 9.17) is 18.9 Å². The van der Waals surface area contributed by atoms with E-state index in [9.17, 15) is 37.9 Å². The van der Waals surface area contributed by atoms with Crippen LogP contribution in [-0.2, 0) is 38.7 Å². The van der Waals surface area contributed by atoms with Crippen LogP contribution in [0.1, 0.15) is 174 Å². The summed E-state index contributed by atoms with van der Waals surface area (Å²) in [6.45, 7) is 3.73. The highest BCUT2D eigenvalue weighted by Crippen LogP contribution is 2.24. The first kappa shape index (κ1) is 47.7. The normalized spacial score (nSPS) is 21.4. The lowest BCUT2D eigenvalue weighted by Gasteiger charge is -2.40. The zero-order valence-corrected chi connectivity index (χ0v) is 32.5. The number of unbranched alkanes of at least 4 members (excludes halogenated alkanes) is 21. The minimum absolute atomic E-state index is 0.171. The summed E-state index contributed by atoms with van der Waals surface area (Å²) in [5, 5.41) is 30.7. The molecule has 1 saturated heterocycles. The molecule has 51 heavy (non-hydrogen) atoms.